The minimum absolute atomic E-state index is 0.185. The summed E-state index contributed by atoms with van der Waals surface area (Å²) in [4.78, 5) is 3.30. The summed E-state index contributed by atoms with van der Waals surface area (Å²) >= 11 is 5.93. The monoisotopic (exact) mass is 236 g/mol. The van der Waals surface area contributed by atoms with Gasteiger partial charge in [0.1, 0.15) is 11.9 Å². The summed E-state index contributed by atoms with van der Waals surface area (Å²) < 4.78 is 5.76. The zero-order chi connectivity index (χ0) is 11.5. The largest absolute Gasteiger partial charge is 0.490 e. The van der Waals surface area contributed by atoms with E-state index in [4.69, 9.17) is 28.6 Å². The lowest BCUT2D eigenvalue weighted by molar-refractivity contribution is 0.208. The van der Waals surface area contributed by atoms with Crippen molar-refractivity contribution in [1.82, 2.24) is 0 Å². The van der Waals surface area contributed by atoms with E-state index in [1.165, 1.54) is 0 Å². The Morgan fingerprint density at radius 1 is 1.44 bits per heavy atom. The molecule has 0 aromatic heterocycles. The van der Waals surface area contributed by atoms with Gasteiger partial charge in [0.15, 0.2) is 0 Å². The van der Waals surface area contributed by atoms with E-state index < -0.39 is 0 Å². The van der Waals surface area contributed by atoms with Crippen LogP contribution in [-0.2, 0) is 0 Å². The summed E-state index contributed by atoms with van der Waals surface area (Å²) in [6, 6.07) is 5.41. The van der Waals surface area contributed by atoms with E-state index in [0.717, 1.165) is 25.0 Å². The van der Waals surface area contributed by atoms with Crippen LogP contribution >= 0.6 is 11.6 Å². The van der Waals surface area contributed by atoms with Gasteiger partial charge < -0.3 is 10.5 Å². The van der Waals surface area contributed by atoms with Crippen LogP contribution in [0.2, 0.25) is 5.02 Å². The molecule has 1 aromatic rings. The summed E-state index contributed by atoms with van der Waals surface area (Å²) in [5.74, 6) is 0.719. The summed E-state index contributed by atoms with van der Waals surface area (Å²) in [5, 5.41) is 0.440. The van der Waals surface area contributed by atoms with Gasteiger partial charge in [-0.05, 0) is 31.4 Å². The molecule has 0 radical (unpaired) electrons. The Hall–Kier alpha value is -1.24. The first-order valence-corrected chi connectivity index (χ1v) is 5.66. The fraction of sp³-hybridized carbons (Fsp3) is 0.417. The maximum Gasteiger partial charge on any atom is 0.205 e. The fourth-order valence-electron chi connectivity index (χ4n) is 1.92. The number of ether oxygens (including phenoxy) is 1. The van der Waals surface area contributed by atoms with E-state index >= 15 is 0 Å². The Kier molecular flexibility index (Phi) is 3.33. The summed E-state index contributed by atoms with van der Waals surface area (Å²) in [5.41, 5.74) is 6.26. The Morgan fingerprint density at radius 2 is 2.25 bits per heavy atom. The van der Waals surface area contributed by atoms with Crippen molar-refractivity contribution >= 4 is 17.3 Å². The standard InChI is InChI=1S/C12H13ClN2O/c1-15-12-5-4-10(7-11(12)13)16-9-3-2-8(14)6-9/h4-5,7-9H,2-3,6,14H2/t8-,9-/m0/s1. The molecule has 0 amide bonds. The van der Waals surface area contributed by atoms with Crippen molar-refractivity contribution in [2.45, 2.75) is 31.4 Å². The molecule has 0 spiro atoms. The number of nitrogens with two attached hydrogens (primary N) is 1. The van der Waals surface area contributed by atoms with Crippen LogP contribution in [0, 0.1) is 6.57 Å². The van der Waals surface area contributed by atoms with Gasteiger partial charge in [0.25, 0.3) is 0 Å². The van der Waals surface area contributed by atoms with Gasteiger partial charge in [-0.2, -0.15) is 0 Å². The van der Waals surface area contributed by atoms with Gasteiger partial charge in [0, 0.05) is 6.04 Å². The Balaban J connectivity index is 2.05. The minimum Gasteiger partial charge on any atom is -0.490 e. The second kappa shape index (κ2) is 4.73. The topological polar surface area (TPSA) is 39.6 Å². The summed E-state index contributed by atoms with van der Waals surface area (Å²) in [6.45, 7) is 6.89. The third-order valence-corrected chi connectivity index (χ3v) is 3.07. The van der Waals surface area contributed by atoms with E-state index in [2.05, 4.69) is 4.85 Å². The summed E-state index contributed by atoms with van der Waals surface area (Å²) in [6.07, 6.45) is 3.08. The van der Waals surface area contributed by atoms with Crippen LogP contribution < -0.4 is 10.5 Å². The second-order valence-corrected chi connectivity index (χ2v) is 4.45. The Morgan fingerprint density at radius 3 is 2.81 bits per heavy atom. The zero-order valence-electron chi connectivity index (χ0n) is 8.82. The molecule has 1 aliphatic carbocycles. The fourth-order valence-corrected chi connectivity index (χ4v) is 2.14. The van der Waals surface area contributed by atoms with Crippen molar-refractivity contribution in [2.75, 3.05) is 0 Å². The number of hydrogen-bond acceptors (Lipinski definition) is 2. The van der Waals surface area contributed by atoms with Crippen LogP contribution in [0.5, 0.6) is 5.75 Å². The van der Waals surface area contributed by atoms with E-state index in [-0.39, 0.29) is 12.1 Å². The van der Waals surface area contributed by atoms with Crippen LogP contribution in [0.25, 0.3) is 4.85 Å². The van der Waals surface area contributed by atoms with Crippen LogP contribution in [0.4, 0.5) is 5.69 Å². The molecule has 1 fully saturated rings. The molecular formula is C12H13ClN2O. The van der Waals surface area contributed by atoms with Crippen molar-refractivity contribution in [1.29, 1.82) is 0 Å². The van der Waals surface area contributed by atoms with Crippen LogP contribution in [0.1, 0.15) is 19.3 Å². The Labute approximate surface area is 100.0 Å². The highest BCUT2D eigenvalue weighted by Gasteiger charge is 2.23. The molecule has 4 heteroatoms. The quantitative estimate of drug-likeness (QED) is 0.802. The molecule has 0 unspecified atom stereocenters. The SMILES string of the molecule is [C-]#[N+]c1ccc(O[C@H]2CC[C@H](N)C2)cc1Cl. The number of benzene rings is 1. The van der Waals surface area contributed by atoms with Crippen LogP contribution in [0.15, 0.2) is 18.2 Å². The van der Waals surface area contributed by atoms with Gasteiger partial charge in [-0.3, -0.25) is 0 Å². The highest BCUT2D eigenvalue weighted by molar-refractivity contribution is 6.33. The molecule has 0 saturated heterocycles. The normalized spacial score (nSPS) is 24.1. The smallest absolute Gasteiger partial charge is 0.205 e. The van der Waals surface area contributed by atoms with Crippen molar-refractivity contribution in [3.8, 4) is 5.75 Å². The lowest BCUT2D eigenvalue weighted by atomic mass is 10.2. The second-order valence-electron chi connectivity index (χ2n) is 4.04. The average Bonchev–Trinajstić information content (AvgIpc) is 2.64. The zero-order valence-corrected chi connectivity index (χ0v) is 9.57. The predicted molar refractivity (Wildman–Crippen MR) is 64.0 cm³/mol. The molecular weight excluding hydrogens is 224 g/mol. The molecule has 1 aliphatic rings. The van der Waals surface area contributed by atoms with E-state index in [9.17, 15) is 0 Å². The third kappa shape index (κ3) is 2.46. The first-order chi connectivity index (χ1) is 7.69. The molecule has 84 valence electrons. The first kappa shape index (κ1) is 11.3. The maximum atomic E-state index is 6.89. The van der Waals surface area contributed by atoms with Gasteiger partial charge >= 0.3 is 0 Å². The average molecular weight is 237 g/mol. The number of hydrogen-bond donors (Lipinski definition) is 1. The van der Waals surface area contributed by atoms with E-state index in [0.29, 0.717) is 10.7 Å². The molecule has 3 nitrogen and oxygen atoms in total. The van der Waals surface area contributed by atoms with Crippen molar-refractivity contribution in [3.63, 3.8) is 0 Å². The molecule has 2 rings (SSSR count). The lowest BCUT2D eigenvalue weighted by Gasteiger charge is -2.13. The van der Waals surface area contributed by atoms with Gasteiger partial charge in [-0.1, -0.05) is 17.7 Å². The van der Waals surface area contributed by atoms with Crippen molar-refractivity contribution in [3.05, 3.63) is 34.6 Å². The highest BCUT2D eigenvalue weighted by atomic mass is 35.5. The minimum atomic E-state index is 0.185. The van der Waals surface area contributed by atoms with Gasteiger partial charge in [-0.25, -0.2) is 4.85 Å². The number of halogens is 1. The Bertz CT molecular complexity index is 428. The van der Waals surface area contributed by atoms with E-state index in [1.54, 1.807) is 18.2 Å². The maximum absolute atomic E-state index is 6.89. The van der Waals surface area contributed by atoms with E-state index in [1.807, 2.05) is 0 Å². The van der Waals surface area contributed by atoms with Crippen LogP contribution in [-0.4, -0.2) is 12.1 Å². The number of rotatable bonds is 2. The molecule has 2 atom stereocenters. The summed E-state index contributed by atoms with van der Waals surface area (Å²) in [7, 11) is 0. The molecule has 0 aliphatic heterocycles. The molecule has 16 heavy (non-hydrogen) atoms. The lowest BCUT2D eigenvalue weighted by Crippen LogP contribution is -2.19. The third-order valence-electron chi connectivity index (χ3n) is 2.77. The predicted octanol–water partition coefficient (Wildman–Crippen LogP) is 3.15. The van der Waals surface area contributed by atoms with Gasteiger partial charge in [0.2, 0.25) is 5.69 Å². The van der Waals surface area contributed by atoms with Crippen LogP contribution in [0.3, 0.4) is 0 Å². The number of nitrogens with zero attached hydrogens (tertiary/aromatic N) is 1. The molecule has 0 bridgehead atoms. The van der Waals surface area contributed by atoms with Crippen molar-refractivity contribution < 1.29 is 4.74 Å². The van der Waals surface area contributed by atoms with Gasteiger partial charge in [-0.15, -0.1) is 0 Å². The molecule has 1 saturated carbocycles. The molecule has 1 aromatic carbocycles. The highest BCUT2D eigenvalue weighted by Crippen LogP contribution is 2.31. The molecule has 2 N–H and O–H groups in total. The molecule has 0 heterocycles. The van der Waals surface area contributed by atoms with Gasteiger partial charge in [0.05, 0.1) is 11.6 Å². The first-order valence-electron chi connectivity index (χ1n) is 5.28. The van der Waals surface area contributed by atoms with Crippen molar-refractivity contribution in [2.24, 2.45) is 5.73 Å².